The number of rotatable bonds is 6. The first kappa shape index (κ1) is 16.0. The Labute approximate surface area is 127 Å². The summed E-state index contributed by atoms with van der Waals surface area (Å²) in [5.41, 5.74) is 8.44. The van der Waals surface area contributed by atoms with E-state index in [-0.39, 0.29) is 17.9 Å². The molecule has 0 bridgehead atoms. The molecule has 1 aliphatic rings. The molecule has 21 heavy (non-hydrogen) atoms. The second-order valence-electron chi connectivity index (χ2n) is 6.14. The summed E-state index contributed by atoms with van der Waals surface area (Å²) in [6.45, 7) is 3.02. The standard InChI is InChI=1S/C17H26N2O2/c1-13-6-5-7-14(10-13)17(8-3-4-9-17)12-19-16(20)15(18)11-21-2/h5-7,10,15H,3-4,8-9,11-12,18H2,1-2H3,(H,19,20). The summed E-state index contributed by atoms with van der Waals surface area (Å²) in [4.78, 5) is 12.0. The van der Waals surface area contributed by atoms with Crippen LogP contribution < -0.4 is 11.1 Å². The molecule has 4 nitrogen and oxygen atoms in total. The molecule has 116 valence electrons. The lowest BCUT2D eigenvalue weighted by molar-refractivity contribution is -0.123. The van der Waals surface area contributed by atoms with E-state index in [0.29, 0.717) is 6.54 Å². The van der Waals surface area contributed by atoms with Gasteiger partial charge < -0.3 is 15.8 Å². The van der Waals surface area contributed by atoms with Crippen LogP contribution in [-0.2, 0) is 14.9 Å². The third kappa shape index (κ3) is 3.83. The normalized spacial score (nSPS) is 18.4. The lowest BCUT2D eigenvalue weighted by atomic mass is 9.78. The molecule has 0 aliphatic heterocycles. The molecule has 1 amide bonds. The maximum Gasteiger partial charge on any atom is 0.239 e. The van der Waals surface area contributed by atoms with Gasteiger partial charge in [-0.15, -0.1) is 0 Å². The van der Waals surface area contributed by atoms with Crippen LogP contribution in [0.25, 0.3) is 0 Å². The van der Waals surface area contributed by atoms with Crippen molar-refractivity contribution in [3.63, 3.8) is 0 Å². The summed E-state index contributed by atoms with van der Waals surface area (Å²) in [5, 5.41) is 3.02. The van der Waals surface area contributed by atoms with E-state index in [9.17, 15) is 4.79 Å². The highest BCUT2D eigenvalue weighted by atomic mass is 16.5. The molecule has 4 heteroatoms. The van der Waals surface area contributed by atoms with Crippen molar-refractivity contribution in [3.05, 3.63) is 35.4 Å². The zero-order valence-corrected chi connectivity index (χ0v) is 13.0. The molecule has 1 aromatic rings. The molecule has 1 saturated carbocycles. The smallest absolute Gasteiger partial charge is 0.239 e. The van der Waals surface area contributed by atoms with Crippen LogP contribution in [-0.4, -0.2) is 32.2 Å². The largest absolute Gasteiger partial charge is 0.383 e. The van der Waals surface area contributed by atoms with Gasteiger partial charge in [-0.1, -0.05) is 42.7 Å². The highest BCUT2D eigenvalue weighted by Crippen LogP contribution is 2.40. The SMILES string of the molecule is COCC(N)C(=O)NCC1(c2cccc(C)c2)CCCC1. The molecule has 1 unspecified atom stereocenters. The Morgan fingerprint density at radius 2 is 2.14 bits per heavy atom. The summed E-state index contributed by atoms with van der Waals surface area (Å²) in [6.07, 6.45) is 4.67. The molecule has 0 saturated heterocycles. The van der Waals surface area contributed by atoms with E-state index >= 15 is 0 Å². The molecule has 0 aromatic heterocycles. The van der Waals surface area contributed by atoms with Gasteiger partial charge >= 0.3 is 0 Å². The van der Waals surface area contributed by atoms with Gasteiger partial charge in [-0.3, -0.25) is 4.79 Å². The molecule has 1 aromatic carbocycles. The van der Waals surface area contributed by atoms with Gasteiger partial charge in [-0.2, -0.15) is 0 Å². The van der Waals surface area contributed by atoms with Crippen molar-refractivity contribution < 1.29 is 9.53 Å². The average molecular weight is 290 g/mol. The third-order valence-corrected chi connectivity index (χ3v) is 4.48. The summed E-state index contributed by atoms with van der Waals surface area (Å²) >= 11 is 0. The molecule has 2 rings (SSSR count). The number of ether oxygens (including phenoxy) is 1. The number of hydrogen-bond donors (Lipinski definition) is 2. The molecule has 1 aliphatic carbocycles. The molecule has 0 heterocycles. The summed E-state index contributed by atoms with van der Waals surface area (Å²) in [7, 11) is 1.55. The minimum atomic E-state index is -0.592. The van der Waals surface area contributed by atoms with E-state index in [0.717, 1.165) is 12.8 Å². The van der Waals surface area contributed by atoms with E-state index in [1.165, 1.54) is 24.0 Å². The summed E-state index contributed by atoms with van der Waals surface area (Å²) < 4.78 is 4.94. The Kier molecular flexibility index (Phi) is 5.37. The number of benzene rings is 1. The number of carbonyl (C=O) groups excluding carboxylic acids is 1. The monoisotopic (exact) mass is 290 g/mol. The second-order valence-corrected chi connectivity index (χ2v) is 6.14. The minimum Gasteiger partial charge on any atom is -0.383 e. The van der Waals surface area contributed by atoms with Crippen molar-refractivity contribution in [2.75, 3.05) is 20.3 Å². The number of carbonyl (C=O) groups is 1. The van der Waals surface area contributed by atoms with Gasteiger partial charge in [-0.05, 0) is 25.3 Å². The fourth-order valence-electron chi connectivity index (χ4n) is 3.24. The van der Waals surface area contributed by atoms with Crippen molar-refractivity contribution in [3.8, 4) is 0 Å². The molecular weight excluding hydrogens is 264 g/mol. The third-order valence-electron chi connectivity index (χ3n) is 4.48. The van der Waals surface area contributed by atoms with Gasteiger partial charge in [-0.25, -0.2) is 0 Å². The first-order valence-corrected chi connectivity index (χ1v) is 7.67. The van der Waals surface area contributed by atoms with Gasteiger partial charge in [0, 0.05) is 19.1 Å². The quantitative estimate of drug-likeness (QED) is 0.841. The van der Waals surface area contributed by atoms with Gasteiger partial charge in [0.25, 0.3) is 0 Å². The van der Waals surface area contributed by atoms with Crippen LogP contribution in [0, 0.1) is 6.92 Å². The van der Waals surface area contributed by atoms with Gasteiger partial charge in [0.05, 0.1) is 6.61 Å². The number of nitrogens with two attached hydrogens (primary N) is 1. The second kappa shape index (κ2) is 7.05. The van der Waals surface area contributed by atoms with Crippen LogP contribution in [0.3, 0.4) is 0 Å². The van der Waals surface area contributed by atoms with Crippen molar-refractivity contribution in [1.82, 2.24) is 5.32 Å². The van der Waals surface area contributed by atoms with Crippen LogP contribution in [0.15, 0.2) is 24.3 Å². The fourth-order valence-corrected chi connectivity index (χ4v) is 3.24. The van der Waals surface area contributed by atoms with E-state index in [1.807, 2.05) is 0 Å². The van der Waals surface area contributed by atoms with Crippen LogP contribution in [0.2, 0.25) is 0 Å². The molecule has 1 atom stereocenters. The number of aryl methyl sites for hydroxylation is 1. The maximum absolute atomic E-state index is 12.0. The molecule has 0 radical (unpaired) electrons. The Hall–Kier alpha value is -1.39. The first-order valence-electron chi connectivity index (χ1n) is 7.67. The van der Waals surface area contributed by atoms with E-state index in [1.54, 1.807) is 7.11 Å². The summed E-state index contributed by atoms with van der Waals surface area (Å²) in [5.74, 6) is -0.129. The van der Waals surface area contributed by atoms with Crippen molar-refractivity contribution in [1.29, 1.82) is 0 Å². The van der Waals surface area contributed by atoms with Crippen LogP contribution in [0.4, 0.5) is 0 Å². The van der Waals surface area contributed by atoms with E-state index in [2.05, 4.69) is 36.5 Å². The van der Waals surface area contributed by atoms with Crippen molar-refractivity contribution in [2.24, 2.45) is 5.73 Å². The van der Waals surface area contributed by atoms with Crippen molar-refractivity contribution in [2.45, 2.75) is 44.1 Å². The highest BCUT2D eigenvalue weighted by molar-refractivity contribution is 5.81. The minimum absolute atomic E-state index is 0.0640. The lowest BCUT2D eigenvalue weighted by Gasteiger charge is -2.31. The predicted octanol–water partition coefficient (Wildman–Crippen LogP) is 1.90. The highest BCUT2D eigenvalue weighted by Gasteiger charge is 2.36. The summed E-state index contributed by atoms with van der Waals surface area (Å²) in [6, 6.07) is 8.04. The van der Waals surface area contributed by atoms with E-state index < -0.39 is 6.04 Å². The average Bonchev–Trinajstić information content (AvgIpc) is 2.95. The zero-order valence-electron chi connectivity index (χ0n) is 13.0. The number of methoxy groups -OCH3 is 1. The van der Waals surface area contributed by atoms with Gasteiger partial charge in [0.15, 0.2) is 0 Å². The van der Waals surface area contributed by atoms with Crippen molar-refractivity contribution >= 4 is 5.91 Å². The zero-order chi connectivity index (χ0) is 15.3. The van der Waals surface area contributed by atoms with Crippen LogP contribution >= 0.6 is 0 Å². The lowest BCUT2D eigenvalue weighted by Crippen LogP contribution is -2.47. The Bertz CT molecular complexity index is 481. The van der Waals surface area contributed by atoms with Crippen LogP contribution in [0.1, 0.15) is 36.8 Å². The molecular formula is C17H26N2O2. The number of hydrogen-bond acceptors (Lipinski definition) is 3. The maximum atomic E-state index is 12.0. The molecule has 3 N–H and O–H groups in total. The number of amides is 1. The van der Waals surface area contributed by atoms with E-state index in [4.69, 9.17) is 10.5 Å². The first-order chi connectivity index (χ1) is 10.1. The van der Waals surface area contributed by atoms with Gasteiger partial charge in [0.2, 0.25) is 5.91 Å². The molecule has 1 fully saturated rings. The predicted molar refractivity (Wildman–Crippen MR) is 84.2 cm³/mol. The fraction of sp³-hybridized carbons (Fsp3) is 0.588. The molecule has 0 spiro atoms. The Balaban J connectivity index is 2.07. The van der Waals surface area contributed by atoms with Crippen LogP contribution in [0.5, 0.6) is 0 Å². The number of nitrogens with one attached hydrogen (secondary N) is 1. The van der Waals surface area contributed by atoms with Gasteiger partial charge in [0.1, 0.15) is 6.04 Å². The topological polar surface area (TPSA) is 64.3 Å². The Morgan fingerprint density at radius 1 is 1.43 bits per heavy atom. The Morgan fingerprint density at radius 3 is 2.76 bits per heavy atom.